The van der Waals surface area contributed by atoms with E-state index in [0.717, 1.165) is 18.3 Å². The molecule has 0 spiro atoms. The Morgan fingerprint density at radius 1 is 1.27 bits per heavy atom. The van der Waals surface area contributed by atoms with Gasteiger partial charge in [0.05, 0.1) is 5.02 Å². The lowest BCUT2D eigenvalue weighted by Crippen LogP contribution is -2.48. The summed E-state index contributed by atoms with van der Waals surface area (Å²) < 4.78 is 0. The quantitative estimate of drug-likeness (QED) is 0.791. The topological polar surface area (TPSA) is 37.8 Å². The Morgan fingerprint density at radius 2 is 2.07 bits per heavy atom. The standard InChI is InChI=1S/C11H14ClN3/c12-8-5-14-11(15-6-8)10-3-9-2-1-7(10)4-13-9/h5-7,9-10,13H,1-4H2. The van der Waals surface area contributed by atoms with Crippen molar-refractivity contribution in [2.75, 3.05) is 6.54 Å². The van der Waals surface area contributed by atoms with Gasteiger partial charge >= 0.3 is 0 Å². The number of nitrogens with zero attached hydrogens (tertiary/aromatic N) is 2. The summed E-state index contributed by atoms with van der Waals surface area (Å²) in [5.41, 5.74) is 0. The zero-order valence-corrected chi connectivity index (χ0v) is 9.24. The Balaban J connectivity index is 1.85. The third-order valence-electron chi connectivity index (χ3n) is 3.63. The molecule has 0 amide bonds. The van der Waals surface area contributed by atoms with Crippen molar-refractivity contribution in [3.05, 3.63) is 23.2 Å². The van der Waals surface area contributed by atoms with E-state index in [1.807, 2.05) is 0 Å². The molecule has 2 saturated heterocycles. The molecular formula is C11H14ClN3. The van der Waals surface area contributed by atoms with E-state index in [2.05, 4.69) is 15.3 Å². The highest BCUT2D eigenvalue weighted by Crippen LogP contribution is 2.39. The van der Waals surface area contributed by atoms with E-state index in [4.69, 9.17) is 11.6 Å². The molecule has 1 N–H and O–H groups in total. The third-order valence-corrected chi connectivity index (χ3v) is 3.83. The lowest BCUT2D eigenvalue weighted by atomic mass is 9.73. The highest BCUT2D eigenvalue weighted by molar-refractivity contribution is 6.30. The van der Waals surface area contributed by atoms with Crippen LogP contribution in [0.4, 0.5) is 0 Å². The molecule has 15 heavy (non-hydrogen) atoms. The monoisotopic (exact) mass is 223 g/mol. The molecule has 3 heterocycles. The lowest BCUT2D eigenvalue weighted by Gasteiger charge is -2.42. The fourth-order valence-electron chi connectivity index (χ4n) is 2.81. The zero-order chi connectivity index (χ0) is 10.3. The van der Waals surface area contributed by atoms with Crippen LogP contribution in [0.15, 0.2) is 12.4 Å². The lowest BCUT2D eigenvalue weighted by molar-refractivity contribution is 0.175. The summed E-state index contributed by atoms with van der Waals surface area (Å²) in [4.78, 5) is 8.70. The summed E-state index contributed by atoms with van der Waals surface area (Å²) in [7, 11) is 0. The Labute approximate surface area is 94.3 Å². The normalized spacial score (nSPS) is 34.3. The van der Waals surface area contributed by atoms with Gasteiger partial charge in [-0.3, -0.25) is 0 Å². The summed E-state index contributed by atoms with van der Waals surface area (Å²) >= 11 is 5.79. The maximum atomic E-state index is 5.79. The second-order valence-corrected chi connectivity index (χ2v) is 4.98. The van der Waals surface area contributed by atoms with E-state index in [-0.39, 0.29) is 0 Å². The van der Waals surface area contributed by atoms with Gasteiger partial charge in [0.15, 0.2) is 0 Å². The van der Waals surface area contributed by atoms with E-state index in [9.17, 15) is 0 Å². The number of aromatic nitrogens is 2. The fraction of sp³-hybridized carbons (Fsp3) is 0.636. The largest absolute Gasteiger partial charge is 0.314 e. The summed E-state index contributed by atoms with van der Waals surface area (Å²) in [5.74, 6) is 2.24. The van der Waals surface area contributed by atoms with Crippen molar-refractivity contribution >= 4 is 11.6 Å². The number of halogens is 1. The van der Waals surface area contributed by atoms with Crippen LogP contribution >= 0.6 is 11.6 Å². The predicted octanol–water partition coefficient (Wildman–Crippen LogP) is 1.99. The van der Waals surface area contributed by atoms with Gasteiger partial charge < -0.3 is 5.32 Å². The average Bonchev–Trinajstić information content (AvgIpc) is 2.31. The van der Waals surface area contributed by atoms with Crippen molar-refractivity contribution in [2.24, 2.45) is 5.92 Å². The summed E-state index contributed by atoms with van der Waals surface area (Å²) in [6.45, 7) is 1.13. The van der Waals surface area contributed by atoms with Crippen LogP contribution in [0.5, 0.6) is 0 Å². The molecule has 0 radical (unpaired) electrons. The molecule has 3 unspecified atom stereocenters. The van der Waals surface area contributed by atoms with Crippen LogP contribution in [0.25, 0.3) is 0 Å². The Bertz CT molecular complexity index is 343. The number of piperidine rings is 2. The molecule has 3 atom stereocenters. The second-order valence-electron chi connectivity index (χ2n) is 4.54. The molecule has 2 bridgehead atoms. The van der Waals surface area contributed by atoms with Gasteiger partial charge in [0.2, 0.25) is 0 Å². The molecule has 80 valence electrons. The van der Waals surface area contributed by atoms with Crippen LogP contribution < -0.4 is 5.32 Å². The maximum Gasteiger partial charge on any atom is 0.131 e. The van der Waals surface area contributed by atoms with E-state index in [0.29, 0.717) is 17.0 Å². The van der Waals surface area contributed by atoms with E-state index >= 15 is 0 Å². The average molecular weight is 224 g/mol. The minimum Gasteiger partial charge on any atom is -0.314 e. The summed E-state index contributed by atoms with van der Waals surface area (Å²) in [6, 6.07) is 0.680. The van der Waals surface area contributed by atoms with Crippen LogP contribution in [0.2, 0.25) is 5.02 Å². The first-order valence-corrected chi connectivity index (χ1v) is 5.91. The molecule has 0 aromatic carbocycles. The Morgan fingerprint density at radius 3 is 2.60 bits per heavy atom. The van der Waals surface area contributed by atoms with Crippen molar-refractivity contribution in [1.29, 1.82) is 0 Å². The molecule has 2 aliphatic heterocycles. The van der Waals surface area contributed by atoms with Gasteiger partial charge in [-0.2, -0.15) is 0 Å². The molecule has 1 aromatic heterocycles. The van der Waals surface area contributed by atoms with Crippen LogP contribution in [0, 0.1) is 5.92 Å². The molecular weight excluding hydrogens is 210 g/mol. The van der Waals surface area contributed by atoms with Crippen LogP contribution in [0.1, 0.15) is 31.0 Å². The van der Waals surface area contributed by atoms with Gasteiger partial charge in [0, 0.05) is 24.4 Å². The maximum absolute atomic E-state index is 5.79. The molecule has 3 fully saturated rings. The predicted molar refractivity (Wildman–Crippen MR) is 58.9 cm³/mol. The van der Waals surface area contributed by atoms with Gasteiger partial charge in [-0.25, -0.2) is 9.97 Å². The summed E-state index contributed by atoms with van der Waals surface area (Å²) in [5, 5.41) is 4.17. The smallest absolute Gasteiger partial charge is 0.131 e. The molecule has 3 nitrogen and oxygen atoms in total. The van der Waals surface area contributed by atoms with Gasteiger partial charge in [0.25, 0.3) is 0 Å². The van der Waals surface area contributed by atoms with Crippen LogP contribution in [-0.2, 0) is 0 Å². The van der Waals surface area contributed by atoms with Crippen molar-refractivity contribution in [1.82, 2.24) is 15.3 Å². The zero-order valence-electron chi connectivity index (χ0n) is 8.49. The number of fused-ring (bicyclic) bond motifs is 3. The molecule has 1 aliphatic carbocycles. The van der Waals surface area contributed by atoms with Gasteiger partial charge in [-0.1, -0.05) is 11.6 Å². The van der Waals surface area contributed by atoms with E-state index < -0.39 is 0 Å². The van der Waals surface area contributed by atoms with Crippen molar-refractivity contribution in [3.63, 3.8) is 0 Å². The number of nitrogens with one attached hydrogen (secondary N) is 1. The highest BCUT2D eigenvalue weighted by Gasteiger charge is 2.37. The molecule has 1 saturated carbocycles. The van der Waals surface area contributed by atoms with Crippen molar-refractivity contribution in [3.8, 4) is 0 Å². The van der Waals surface area contributed by atoms with Crippen LogP contribution in [-0.4, -0.2) is 22.6 Å². The SMILES string of the molecule is Clc1cnc(C2CC3CCC2CN3)nc1. The number of rotatable bonds is 1. The highest BCUT2D eigenvalue weighted by atomic mass is 35.5. The Kier molecular flexibility index (Phi) is 2.37. The van der Waals surface area contributed by atoms with E-state index in [1.54, 1.807) is 12.4 Å². The molecule has 4 rings (SSSR count). The first-order valence-electron chi connectivity index (χ1n) is 5.54. The van der Waals surface area contributed by atoms with E-state index in [1.165, 1.54) is 19.3 Å². The molecule has 4 heteroatoms. The molecule has 1 aromatic rings. The van der Waals surface area contributed by atoms with Crippen LogP contribution in [0.3, 0.4) is 0 Å². The van der Waals surface area contributed by atoms with Gasteiger partial charge in [-0.15, -0.1) is 0 Å². The van der Waals surface area contributed by atoms with Gasteiger partial charge in [-0.05, 0) is 31.7 Å². The molecule has 3 aliphatic rings. The van der Waals surface area contributed by atoms with Crippen molar-refractivity contribution < 1.29 is 0 Å². The number of hydrogen-bond donors (Lipinski definition) is 1. The Hall–Kier alpha value is -0.670. The number of hydrogen-bond acceptors (Lipinski definition) is 3. The third kappa shape index (κ3) is 1.74. The fourth-order valence-corrected chi connectivity index (χ4v) is 2.91. The van der Waals surface area contributed by atoms with Crippen molar-refractivity contribution in [2.45, 2.75) is 31.2 Å². The minimum atomic E-state index is 0.544. The van der Waals surface area contributed by atoms with Gasteiger partial charge in [0.1, 0.15) is 5.82 Å². The minimum absolute atomic E-state index is 0.544. The first-order chi connectivity index (χ1) is 7.33. The second kappa shape index (κ2) is 3.72. The first kappa shape index (κ1) is 9.55. The summed E-state index contributed by atoms with van der Waals surface area (Å²) in [6.07, 6.45) is 7.23.